The monoisotopic (exact) mass is 397 g/mol. The molecule has 26 heavy (non-hydrogen) atoms. The minimum atomic E-state index is -0.405. The Labute approximate surface area is 162 Å². The van der Waals surface area contributed by atoms with Crippen molar-refractivity contribution in [1.82, 2.24) is 4.90 Å². The van der Waals surface area contributed by atoms with E-state index >= 15 is 0 Å². The molecule has 7 heteroatoms. The van der Waals surface area contributed by atoms with E-state index in [0.717, 1.165) is 11.5 Å². The maximum absolute atomic E-state index is 13.8. The molecule has 0 bridgehead atoms. The number of ether oxygens (including phenoxy) is 2. The zero-order valence-corrected chi connectivity index (χ0v) is 16.3. The van der Waals surface area contributed by atoms with Crippen LogP contribution in [0.25, 0.3) is 0 Å². The number of methoxy groups -OCH3 is 1. The van der Waals surface area contributed by atoms with Gasteiger partial charge in [0, 0.05) is 29.9 Å². The largest absolute Gasteiger partial charge is 0.497 e. The Morgan fingerprint density at radius 1 is 1.19 bits per heavy atom. The number of rotatable bonds is 9. The molecule has 0 heterocycles. The highest BCUT2D eigenvalue weighted by Gasteiger charge is 2.14. The first kappa shape index (κ1) is 20.4. The van der Waals surface area contributed by atoms with E-state index in [1.165, 1.54) is 22.7 Å². The van der Waals surface area contributed by atoms with Crippen LogP contribution in [0.1, 0.15) is 5.56 Å². The van der Waals surface area contributed by atoms with Crippen molar-refractivity contribution in [3.8, 4) is 11.5 Å². The zero-order valence-electron chi connectivity index (χ0n) is 14.7. The Kier molecular flexibility index (Phi) is 8.06. The Balaban J connectivity index is 1.69. The van der Waals surface area contributed by atoms with Gasteiger partial charge in [0.2, 0.25) is 5.91 Å². The fourth-order valence-corrected chi connectivity index (χ4v) is 3.13. The van der Waals surface area contributed by atoms with Crippen molar-refractivity contribution < 1.29 is 18.7 Å². The molecule has 1 amide bonds. The number of carbonyl (C=O) groups is 1. The molecule has 0 aliphatic carbocycles. The SMILES string of the molecule is COc1ccc(OCCSCC(=O)N(C)Cc2c(F)cccc2Cl)cc1. The smallest absolute Gasteiger partial charge is 0.232 e. The number of hydrogen-bond donors (Lipinski definition) is 0. The summed E-state index contributed by atoms with van der Waals surface area (Å²) in [6.45, 7) is 0.639. The Morgan fingerprint density at radius 2 is 1.88 bits per heavy atom. The van der Waals surface area contributed by atoms with Crippen LogP contribution in [0, 0.1) is 5.82 Å². The van der Waals surface area contributed by atoms with E-state index in [1.807, 2.05) is 24.3 Å². The van der Waals surface area contributed by atoms with Gasteiger partial charge in [0.15, 0.2) is 0 Å². The van der Waals surface area contributed by atoms with Crippen LogP contribution in [0.3, 0.4) is 0 Å². The van der Waals surface area contributed by atoms with Crippen LogP contribution in [-0.2, 0) is 11.3 Å². The van der Waals surface area contributed by atoms with Crippen molar-refractivity contribution in [2.24, 2.45) is 0 Å². The Bertz CT molecular complexity index is 707. The summed E-state index contributed by atoms with van der Waals surface area (Å²) in [6.07, 6.45) is 0. The lowest BCUT2D eigenvalue weighted by Crippen LogP contribution is -2.28. The lowest BCUT2D eigenvalue weighted by molar-refractivity contribution is -0.127. The van der Waals surface area contributed by atoms with Gasteiger partial charge in [-0.25, -0.2) is 4.39 Å². The molecule has 0 unspecified atom stereocenters. The maximum atomic E-state index is 13.8. The molecule has 2 aromatic rings. The summed E-state index contributed by atoms with van der Waals surface area (Å²) in [7, 11) is 3.25. The van der Waals surface area contributed by atoms with E-state index in [0.29, 0.717) is 28.7 Å². The fraction of sp³-hybridized carbons (Fsp3) is 0.316. The van der Waals surface area contributed by atoms with Gasteiger partial charge in [-0.3, -0.25) is 4.79 Å². The molecule has 0 spiro atoms. The van der Waals surface area contributed by atoms with Crippen molar-refractivity contribution in [2.45, 2.75) is 6.54 Å². The summed E-state index contributed by atoms with van der Waals surface area (Å²) in [4.78, 5) is 13.6. The molecule has 0 aliphatic rings. The third kappa shape index (κ3) is 6.11. The molecular formula is C19H21ClFNO3S. The number of amides is 1. The second kappa shape index (κ2) is 10.3. The van der Waals surface area contributed by atoms with Gasteiger partial charge in [-0.05, 0) is 36.4 Å². The van der Waals surface area contributed by atoms with Crippen molar-refractivity contribution in [3.63, 3.8) is 0 Å². The second-order valence-electron chi connectivity index (χ2n) is 5.53. The first-order valence-electron chi connectivity index (χ1n) is 8.02. The molecule has 0 atom stereocenters. The van der Waals surface area contributed by atoms with Crippen molar-refractivity contribution in [2.75, 3.05) is 32.3 Å². The molecule has 0 saturated heterocycles. The lowest BCUT2D eigenvalue weighted by atomic mass is 10.2. The summed E-state index contributed by atoms with van der Waals surface area (Å²) in [6, 6.07) is 11.8. The van der Waals surface area contributed by atoms with Crippen LogP contribution in [0.4, 0.5) is 4.39 Å². The van der Waals surface area contributed by atoms with Gasteiger partial charge in [0.05, 0.1) is 19.5 Å². The highest BCUT2D eigenvalue weighted by Crippen LogP contribution is 2.21. The molecule has 0 N–H and O–H groups in total. The molecule has 4 nitrogen and oxygen atoms in total. The normalized spacial score (nSPS) is 10.5. The standard InChI is InChI=1S/C19H21ClFNO3S/c1-22(12-16-17(20)4-3-5-18(16)21)19(23)13-26-11-10-25-15-8-6-14(24-2)7-9-15/h3-9H,10-13H2,1-2H3. The van der Waals surface area contributed by atoms with Crippen molar-refractivity contribution in [1.29, 1.82) is 0 Å². The number of halogens is 2. The first-order valence-corrected chi connectivity index (χ1v) is 9.56. The minimum absolute atomic E-state index is 0.0845. The third-order valence-corrected chi connectivity index (χ3v) is 4.92. The highest BCUT2D eigenvalue weighted by atomic mass is 35.5. The molecule has 0 saturated carbocycles. The van der Waals surface area contributed by atoms with Crippen LogP contribution >= 0.6 is 23.4 Å². The van der Waals surface area contributed by atoms with Crippen LogP contribution < -0.4 is 9.47 Å². The average molecular weight is 398 g/mol. The van der Waals surface area contributed by atoms with Crippen LogP contribution in [-0.4, -0.2) is 43.1 Å². The van der Waals surface area contributed by atoms with E-state index in [1.54, 1.807) is 26.3 Å². The maximum Gasteiger partial charge on any atom is 0.232 e. The molecule has 140 valence electrons. The number of nitrogens with zero attached hydrogens (tertiary/aromatic N) is 1. The van der Waals surface area contributed by atoms with Gasteiger partial charge in [0.1, 0.15) is 17.3 Å². The lowest BCUT2D eigenvalue weighted by Gasteiger charge is -2.18. The summed E-state index contributed by atoms with van der Waals surface area (Å²) >= 11 is 7.46. The van der Waals surface area contributed by atoms with Gasteiger partial charge in [-0.2, -0.15) is 0 Å². The molecule has 2 aromatic carbocycles. The molecule has 0 radical (unpaired) electrons. The molecule has 0 aliphatic heterocycles. The predicted octanol–water partition coefficient (Wildman–Crippen LogP) is 4.26. The Morgan fingerprint density at radius 3 is 2.54 bits per heavy atom. The summed E-state index contributed by atoms with van der Waals surface area (Å²) in [5, 5.41) is 0.324. The highest BCUT2D eigenvalue weighted by molar-refractivity contribution is 7.99. The van der Waals surface area contributed by atoms with E-state index in [9.17, 15) is 9.18 Å². The van der Waals surface area contributed by atoms with Gasteiger partial charge in [0.25, 0.3) is 0 Å². The number of thioether (sulfide) groups is 1. The van der Waals surface area contributed by atoms with Gasteiger partial charge >= 0.3 is 0 Å². The van der Waals surface area contributed by atoms with Crippen molar-refractivity contribution in [3.05, 3.63) is 58.9 Å². The number of carbonyl (C=O) groups excluding carboxylic acids is 1. The molecule has 0 fully saturated rings. The molecule has 2 rings (SSSR count). The van der Waals surface area contributed by atoms with Crippen LogP contribution in [0.15, 0.2) is 42.5 Å². The van der Waals surface area contributed by atoms with Gasteiger partial charge in [-0.1, -0.05) is 17.7 Å². The number of hydrogen-bond acceptors (Lipinski definition) is 4. The van der Waals surface area contributed by atoms with E-state index < -0.39 is 5.82 Å². The molecular weight excluding hydrogens is 377 g/mol. The van der Waals surface area contributed by atoms with Gasteiger partial charge in [-0.15, -0.1) is 11.8 Å². The summed E-state index contributed by atoms with van der Waals surface area (Å²) in [5.41, 5.74) is 0.331. The van der Waals surface area contributed by atoms with Gasteiger partial charge < -0.3 is 14.4 Å². The minimum Gasteiger partial charge on any atom is -0.497 e. The average Bonchev–Trinajstić information content (AvgIpc) is 2.64. The Hall–Kier alpha value is -1.92. The summed E-state index contributed by atoms with van der Waals surface area (Å²) in [5.74, 6) is 2.01. The van der Waals surface area contributed by atoms with E-state index in [4.69, 9.17) is 21.1 Å². The third-order valence-electron chi connectivity index (χ3n) is 3.66. The van der Waals surface area contributed by atoms with Crippen LogP contribution in [0.5, 0.6) is 11.5 Å². The first-order chi connectivity index (χ1) is 12.5. The molecule has 0 aromatic heterocycles. The van der Waals surface area contributed by atoms with E-state index in [2.05, 4.69) is 0 Å². The number of benzene rings is 2. The van der Waals surface area contributed by atoms with Crippen LogP contribution in [0.2, 0.25) is 5.02 Å². The quantitative estimate of drug-likeness (QED) is 0.593. The summed E-state index contributed by atoms with van der Waals surface area (Å²) < 4.78 is 24.5. The fourth-order valence-electron chi connectivity index (χ4n) is 2.17. The van der Waals surface area contributed by atoms with Crippen molar-refractivity contribution >= 4 is 29.3 Å². The topological polar surface area (TPSA) is 38.8 Å². The van der Waals surface area contributed by atoms with E-state index in [-0.39, 0.29) is 12.5 Å². The second-order valence-corrected chi connectivity index (χ2v) is 7.04. The zero-order chi connectivity index (χ0) is 18.9. The predicted molar refractivity (Wildman–Crippen MR) is 104 cm³/mol.